The average Bonchev–Trinajstić information content (AvgIpc) is 2.85. The third-order valence-corrected chi connectivity index (χ3v) is 3.78. The van der Waals surface area contributed by atoms with Crippen LogP contribution in [0, 0.1) is 0 Å². The quantitative estimate of drug-likeness (QED) is 0.717. The largest absolute Gasteiger partial charge is 0.351 e. The molecule has 1 aromatic rings. The molecule has 0 unspecified atom stereocenters. The van der Waals surface area contributed by atoms with Gasteiger partial charge in [0.1, 0.15) is 6.04 Å². The molecule has 1 fully saturated rings. The van der Waals surface area contributed by atoms with Crippen molar-refractivity contribution in [2.24, 2.45) is 0 Å². The van der Waals surface area contributed by atoms with Crippen LogP contribution in [0.3, 0.4) is 0 Å². The van der Waals surface area contributed by atoms with Crippen molar-refractivity contribution in [2.75, 3.05) is 6.54 Å². The minimum Gasteiger partial charge on any atom is -0.351 e. The molecule has 1 heterocycles. The van der Waals surface area contributed by atoms with Crippen molar-refractivity contribution < 1.29 is 9.59 Å². The normalized spacial score (nSPS) is 25.2. The zero-order valence-corrected chi connectivity index (χ0v) is 10.6. The number of nitrogens with one attached hydrogen (secondary N) is 3. The lowest BCUT2D eigenvalue weighted by molar-refractivity contribution is -0.123. The summed E-state index contributed by atoms with van der Waals surface area (Å²) in [5.74, 6) is -0.0947. The number of rotatable bonds is 2. The van der Waals surface area contributed by atoms with Crippen LogP contribution in [0.4, 0.5) is 4.79 Å². The highest BCUT2D eigenvalue weighted by Gasteiger charge is 2.29. The summed E-state index contributed by atoms with van der Waals surface area (Å²) in [6.07, 6.45) is 2.82. The minimum atomic E-state index is -0.440. The fourth-order valence-corrected chi connectivity index (χ4v) is 2.74. The molecular formula is C14H17N3O2. The summed E-state index contributed by atoms with van der Waals surface area (Å²) in [7, 11) is 0. The molecule has 0 bridgehead atoms. The maximum absolute atomic E-state index is 12.0. The molecule has 1 aliphatic heterocycles. The molecule has 100 valence electrons. The van der Waals surface area contributed by atoms with E-state index in [1.807, 2.05) is 6.07 Å². The van der Waals surface area contributed by atoms with Gasteiger partial charge >= 0.3 is 6.03 Å². The van der Waals surface area contributed by atoms with E-state index in [4.69, 9.17) is 0 Å². The second kappa shape index (κ2) is 4.91. The van der Waals surface area contributed by atoms with Crippen LogP contribution in [0.5, 0.6) is 0 Å². The molecule has 0 aromatic heterocycles. The molecule has 2 aliphatic rings. The van der Waals surface area contributed by atoms with Crippen molar-refractivity contribution in [1.29, 1.82) is 0 Å². The maximum atomic E-state index is 12.0. The molecule has 3 rings (SSSR count). The lowest BCUT2D eigenvalue weighted by Gasteiger charge is -2.26. The van der Waals surface area contributed by atoms with Crippen LogP contribution in [-0.2, 0) is 17.6 Å². The number of hydrogen-bond donors (Lipinski definition) is 3. The van der Waals surface area contributed by atoms with Gasteiger partial charge in [0, 0.05) is 12.6 Å². The van der Waals surface area contributed by atoms with E-state index < -0.39 is 6.04 Å². The first-order chi connectivity index (χ1) is 9.22. The molecule has 3 amide bonds. The smallest absolute Gasteiger partial charge is 0.315 e. The highest BCUT2D eigenvalue weighted by atomic mass is 16.2. The number of hydrogen-bond acceptors (Lipinski definition) is 2. The molecule has 5 heteroatoms. The van der Waals surface area contributed by atoms with Crippen molar-refractivity contribution in [2.45, 2.75) is 31.3 Å². The summed E-state index contributed by atoms with van der Waals surface area (Å²) in [5.41, 5.74) is 2.69. The Morgan fingerprint density at radius 1 is 1.26 bits per heavy atom. The summed E-state index contributed by atoms with van der Waals surface area (Å²) in [4.78, 5) is 23.0. The number of amides is 3. The van der Waals surface area contributed by atoms with Crippen molar-refractivity contribution >= 4 is 11.9 Å². The zero-order chi connectivity index (χ0) is 13.2. The van der Waals surface area contributed by atoms with E-state index in [9.17, 15) is 9.59 Å². The van der Waals surface area contributed by atoms with E-state index in [0.29, 0.717) is 6.54 Å². The van der Waals surface area contributed by atoms with Gasteiger partial charge in [-0.1, -0.05) is 24.3 Å². The molecule has 5 nitrogen and oxygen atoms in total. The van der Waals surface area contributed by atoms with Gasteiger partial charge in [0.2, 0.25) is 5.91 Å². The summed E-state index contributed by atoms with van der Waals surface area (Å²) < 4.78 is 0. The minimum absolute atomic E-state index is 0.0947. The van der Waals surface area contributed by atoms with Gasteiger partial charge in [-0.25, -0.2) is 4.79 Å². The molecule has 1 aliphatic carbocycles. The lowest BCUT2D eigenvalue weighted by atomic mass is 9.88. The summed E-state index contributed by atoms with van der Waals surface area (Å²) >= 11 is 0. The summed E-state index contributed by atoms with van der Waals surface area (Å²) in [6, 6.07) is 7.81. The molecular weight excluding hydrogens is 242 g/mol. The van der Waals surface area contributed by atoms with Gasteiger partial charge in [0.05, 0.1) is 0 Å². The molecule has 1 aromatic carbocycles. The van der Waals surface area contributed by atoms with Gasteiger partial charge in [-0.15, -0.1) is 0 Å². The van der Waals surface area contributed by atoms with E-state index in [1.165, 1.54) is 11.1 Å². The van der Waals surface area contributed by atoms with Gasteiger partial charge in [0.15, 0.2) is 0 Å². The molecule has 0 radical (unpaired) electrons. The Hall–Kier alpha value is -2.04. The highest BCUT2D eigenvalue weighted by molar-refractivity contribution is 5.90. The van der Waals surface area contributed by atoms with Gasteiger partial charge in [0.25, 0.3) is 0 Å². The first kappa shape index (κ1) is 12.0. The highest BCUT2D eigenvalue weighted by Crippen LogP contribution is 2.21. The second-order valence-electron chi connectivity index (χ2n) is 5.12. The third-order valence-electron chi connectivity index (χ3n) is 3.78. The monoisotopic (exact) mass is 259 g/mol. The Balaban J connectivity index is 1.60. The van der Waals surface area contributed by atoms with Crippen LogP contribution in [-0.4, -0.2) is 30.6 Å². The van der Waals surface area contributed by atoms with E-state index >= 15 is 0 Å². The van der Waals surface area contributed by atoms with Crippen LogP contribution >= 0.6 is 0 Å². The fourth-order valence-electron chi connectivity index (χ4n) is 2.74. The van der Waals surface area contributed by atoms with Gasteiger partial charge in [-0.05, 0) is 30.4 Å². The number of carbonyl (C=O) groups is 2. The maximum Gasteiger partial charge on any atom is 0.315 e. The van der Waals surface area contributed by atoms with Crippen LogP contribution in [0.15, 0.2) is 24.3 Å². The fraction of sp³-hybridized carbons (Fsp3) is 0.429. The Morgan fingerprint density at radius 3 is 2.79 bits per heavy atom. The summed E-state index contributed by atoms with van der Waals surface area (Å²) in [6.45, 7) is 0.369. The number of urea groups is 1. The van der Waals surface area contributed by atoms with E-state index in [-0.39, 0.29) is 18.0 Å². The molecule has 1 saturated heterocycles. The standard InChI is InChI=1S/C14H17N3O2/c18-13(12-8-15-14(19)17-12)16-11-6-5-9-3-1-2-4-10(9)7-11/h1-4,11-12H,5-8H2,(H,16,18)(H2,15,17,19)/t11-,12+/m0/s1. The zero-order valence-electron chi connectivity index (χ0n) is 10.6. The Morgan fingerprint density at radius 2 is 2.05 bits per heavy atom. The van der Waals surface area contributed by atoms with E-state index in [2.05, 4.69) is 34.1 Å². The third kappa shape index (κ3) is 2.54. The van der Waals surface area contributed by atoms with Crippen LogP contribution in [0.2, 0.25) is 0 Å². The lowest BCUT2D eigenvalue weighted by Crippen LogP contribution is -2.48. The average molecular weight is 259 g/mol. The van der Waals surface area contributed by atoms with Crippen molar-refractivity contribution in [3.8, 4) is 0 Å². The predicted molar refractivity (Wildman–Crippen MR) is 70.7 cm³/mol. The van der Waals surface area contributed by atoms with Gasteiger partial charge < -0.3 is 16.0 Å². The molecule has 0 spiro atoms. The first-order valence-electron chi connectivity index (χ1n) is 6.64. The van der Waals surface area contributed by atoms with Crippen LogP contribution in [0.25, 0.3) is 0 Å². The van der Waals surface area contributed by atoms with Crippen LogP contribution < -0.4 is 16.0 Å². The van der Waals surface area contributed by atoms with Crippen molar-refractivity contribution in [3.63, 3.8) is 0 Å². The Labute approximate surface area is 111 Å². The van der Waals surface area contributed by atoms with E-state index in [1.54, 1.807) is 0 Å². The SMILES string of the molecule is O=C1NC[C@H](C(=O)N[C@H]2CCc3ccccc3C2)N1. The van der Waals surface area contributed by atoms with Crippen molar-refractivity contribution in [1.82, 2.24) is 16.0 Å². The Bertz CT molecular complexity index is 515. The molecule has 2 atom stereocenters. The van der Waals surface area contributed by atoms with Crippen LogP contribution in [0.1, 0.15) is 17.5 Å². The number of benzene rings is 1. The molecule has 0 saturated carbocycles. The first-order valence-corrected chi connectivity index (χ1v) is 6.64. The van der Waals surface area contributed by atoms with Gasteiger partial charge in [-0.3, -0.25) is 4.79 Å². The number of carbonyl (C=O) groups excluding carboxylic acids is 2. The topological polar surface area (TPSA) is 70.2 Å². The molecule has 3 N–H and O–H groups in total. The van der Waals surface area contributed by atoms with E-state index in [0.717, 1.165) is 19.3 Å². The second-order valence-corrected chi connectivity index (χ2v) is 5.12. The predicted octanol–water partition coefficient (Wildman–Crippen LogP) is 0.341. The number of aryl methyl sites for hydroxylation is 1. The summed E-state index contributed by atoms with van der Waals surface area (Å²) in [5, 5.41) is 8.22. The number of fused-ring (bicyclic) bond motifs is 1. The molecule has 19 heavy (non-hydrogen) atoms. The van der Waals surface area contributed by atoms with Gasteiger partial charge in [-0.2, -0.15) is 0 Å². The Kier molecular flexibility index (Phi) is 3.11. The van der Waals surface area contributed by atoms with Crippen molar-refractivity contribution in [3.05, 3.63) is 35.4 Å².